The van der Waals surface area contributed by atoms with E-state index in [1.54, 1.807) is 48.6 Å². The highest BCUT2D eigenvalue weighted by atomic mass is 16.5. The molecule has 1 fully saturated rings. The number of aliphatic hydroxyl groups excluding tert-OH is 1. The molecule has 134 valence electrons. The van der Waals surface area contributed by atoms with E-state index in [1.165, 1.54) is 0 Å². The number of carbonyl (C=O) groups excluding carboxylic acids is 1. The molecular formula is C18H19N5O3. The molecular weight excluding hydrogens is 334 g/mol. The number of pyridine rings is 2. The topological polar surface area (TPSA) is 102 Å². The highest BCUT2D eigenvalue weighted by Crippen LogP contribution is 2.38. The van der Waals surface area contributed by atoms with Gasteiger partial charge in [-0.1, -0.05) is 0 Å². The summed E-state index contributed by atoms with van der Waals surface area (Å²) < 4.78 is 6.98. The molecule has 0 aromatic carbocycles. The Kier molecular flexibility index (Phi) is 4.26. The molecule has 8 heteroatoms. The van der Waals surface area contributed by atoms with Crippen LogP contribution in [0.5, 0.6) is 5.75 Å². The van der Waals surface area contributed by atoms with Crippen LogP contribution in [-0.2, 0) is 0 Å². The fourth-order valence-electron chi connectivity index (χ4n) is 3.28. The summed E-state index contributed by atoms with van der Waals surface area (Å²) in [7, 11) is 1.58. The molecule has 3 aromatic heterocycles. The fraction of sp³-hybridized carbons (Fsp3) is 0.333. The number of nitrogens with one attached hydrogen (secondary N) is 1. The minimum atomic E-state index is -0.315. The lowest BCUT2D eigenvalue weighted by molar-refractivity contribution is 0.0234. The van der Waals surface area contributed by atoms with Crippen LogP contribution in [0.2, 0.25) is 0 Å². The summed E-state index contributed by atoms with van der Waals surface area (Å²) in [6.07, 6.45) is 7.65. The number of methoxy groups -OCH3 is 1. The molecule has 0 unspecified atom stereocenters. The quantitative estimate of drug-likeness (QED) is 0.718. The Bertz CT molecular complexity index is 935. The van der Waals surface area contributed by atoms with Crippen LogP contribution in [0.4, 0.5) is 0 Å². The summed E-state index contributed by atoms with van der Waals surface area (Å²) in [6, 6.07) is 5.04. The molecule has 3 aromatic rings. The summed E-state index contributed by atoms with van der Waals surface area (Å²) in [5, 5.41) is 20.6. The number of hydrogen-bond donors (Lipinski definition) is 2. The van der Waals surface area contributed by atoms with E-state index in [0.29, 0.717) is 29.8 Å². The van der Waals surface area contributed by atoms with Crippen molar-refractivity contribution < 1.29 is 14.6 Å². The maximum atomic E-state index is 12.8. The summed E-state index contributed by atoms with van der Waals surface area (Å²) in [5.74, 6) is 0.580. The number of carbonyl (C=O) groups is 1. The lowest BCUT2D eigenvalue weighted by atomic mass is 9.75. The van der Waals surface area contributed by atoms with Crippen molar-refractivity contribution in [2.24, 2.45) is 5.92 Å². The second kappa shape index (κ2) is 6.72. The predicted molar refractivity (Wildman–Crippen MR) is 92.7 cm³/mol. The predicted octanol–water partition coefficient (Wildman–Crippen LogP) is 1.37. The number of hydrogen-bond acceptors (Lipinski definition) is 6. The van der Waals surface area contributed by atoms with E-state index in [9.17, 15) is 9.90 Å². The average Bonchev–Trinajstić information content (AvgIpc) is 3.11. The van der Waals surface area contributed by atoms with Crippen LogP contribution in [-0.4, -0.2) is 43.8 Å². The zero-order valence-corrected chi connectivity index (χ0v) is 14.2. The van der Waals surface area contributed by atoms with Gasteiger partial charge in [0.1, 0.15) is 12.1 Å². The molecule has 3 heterocycles. The van der Waals surface area contributed by atoms with Gasteiger partial charge in [0.15, 0.2) is 5.65 Å². The normalized spacial score (nSPS) is 20.4. The molecule has 26 heavy (non-hydrogen) atoms. The van der Waals surface area contributed by atoms with E-state index in [2.05, 4.69) is 20.5 Å². The second-order valence-corrected chi connectivity index (χ2v) is 6.51. The van der Waals surface area contributed by atoms with Crippen molar-refractivity contribution in [3.63, 3.8) is 0 Å². The van der Waals surface area contributed by atoms with E-state index < -0.39 is 0 Å². The summed E-state index contributed by atoms with van der Waals surface area (Å²) in [5.41, 5.74) is 1.97. The largest absolute Gasteiger partial charge is 0.495 e. The van der Waals surface area contributed by atoms with Gasteiger partial charge in [-0.2, -0.15) is 0 Å². The summed E-state index contributed by atoms with van der Waals surface area (Å²) >= 11 is 0. The van der Waals surface area contributed by atoms with E-state index in [1.807, 2.05) is 6.07 Å². The van der Waals surface area contributed by atoms with Gasteiger partial charge < -0.3 is 15.2 Å². The number of rotatable bonds is 5. The van der Waals surface area contributed by atoms with E-state index in [-0.39, 0.29) is 24.0 Å². The van der Waals surface area contributed by atoms with Crippen molar-refractivity contribution >= 4 is 11.6 Å². The Morgan fingerprint density at radius 1 is 1.38 bits per heavy atom. The van der Waals surface area contributed by atoms with Crippen molar-refractivity contribution in [2.75, 3.05) is 7.11 Å². The van der Waals surface area contributed by atoms with Gasteiger partial charge in [0.05, 0.1) is 25.5 Å². The standard InChI is InChI=1S/C18H19N5O3/c1-26-15-6-13(8-19-9-15)17(12-4-14(24)5-12)21-18(25)11-2-3-23-10-20-22-16(23)7-11/h2-3,6-10,12,14,17,24H,4-5H2,1H3,(H,21,25)/t12?,14?,17-/m1/s1. The third kappa shape index (κ3) is 3.11. The number of amides is 1. The Morgan fingerprint density at radius 2 is 2.23 bits per heavy atom. The molecule has 0 spiro atoms. The van der Waals surface area contributed by atoms with Crippen molar-refractivity contribution in [3.05, 3.63) is 54.2 Å². The van der Waals surface area contributed by atoms with Gasteiger partial charge in [-0.3, -0.25) is 14.2 Å². The van der Waals surface area contributed by atoms with Gasteiger partial charge in [0.2, 0.25) is 0 Å². The van der Waals surface area contributed by atoms with Gasteiger partial charge >= 0.3 is 0 Å². The van der Waals surface area contributed by atoms with Crippen molar-refractivity contribution in [2.45, 2.75) is 25.0 Å². The molecule has 0 saturated heterocycles. The van der Waals surface area contributed by atoms with Crippen LogP contribution < -0.4 is 10.1 Å². The van der Waals surface area contributed by atoms with E-state index in [0.717, 1.165) is 5.56 Å². The molecule has 1 amide bonds. The second-order valence-electron chi connectivity index (χ2n) is 6.51. The zero-order chi connectivity index (χ0) is 18.1. The van der Waals surface area contributed by atoms with Crippen molar-refractivity contribution in [1.82, 2.24) is 24.9 Å². The number of ether oxygens (including phenoxy) is 1. The molecule has 2 N–H and O–H groups in total. The fourth-order valence-corrected chi connectivity index (χ4v) is 3.28. The van der Waals surface area contributed by atoms with Gasteiger partial charge in [-0.25, -0.2) is 0 Å². The number of fused-ring (bicyclic) bond motifs is 1. The number of aromatic nitrogens is 4. The van der Waals surface area contributed by atoms with Crippen LogP contribution in [0.15, 0.2) is 43.1 Å². The van der Waals surface area contributed by atoms with Crippen molar-refractivity contribution in [1.29, 1.82) is 0 Å². The van der Waals surface area contributed by atoms with Crippen LogP contribution in [0.25, 0.3) is 5.65 Å². The summed E-state index contributed by atoms with van der Waals surface area (Å²) in [4.78, 5) is 17.0. The third-order valence-electron chi connectivity index (χ3n) is 4.80. The molecule has 4 rings (SSSR count). The average molecular weight is 353 g/mol. The molecule has 1 aliphatic rings. The molecule has 0 bridgehead atoms. The van der Waals surface area contributed by atoms with Gasteiger partial charge in [0.25, 0.3) is 5.91 Å². The minimum Gasteiger partial charge on any atom is -0.495 e. The molecule has 1 atom stereocenters. The van der Waals surface area contributed by atoms with Gasteiger partial charge in [-0.15, -0.1) is 10.2 Å². The highest BCUT2D eigenvalue weighted by Gasteiger charge is 2.36. The third-order valence-corrected chi connectivity index (χ3v) is 4.80. The first-order chi connectivity index (χ1) is 12.6. The SMILES string of the molecule is COc1cncc([C@H](NC(=O)c2ccn3cnnc3c2)C2CC(O)C2)c1. The molecule has 0 radical (unpaired) electrons. The van der Waals surface area contributed by atoms with E-state index in [4.69, 9.17) is 4.74 Å². The molecule has 1 aliphatic carbocycles. The van der Waals surface area contributed by atoms with Crippen LogP contribution >= 0.6 is 0 Å². The van der Waals surface area contributed by atoms with Crippen LogP contribution in [0, 0.1) is 5.92 Å². The Labute approximate surface area is 149 Å². The monoisotopic (exact) mass is 353 g/mol. The van der Waals surface area contributed by atoms with Crippen molar-refractivity contribution in [3.8, 4) is 5.75 Å². The highest BCUT2D eigenvalue weighted by molar-refractivity contribution is 5.95. The van der Waals surface area contributed by atoms with Crippen LogP contribution in [0.3, 0.4) is 0 Å². The number of nitrogens with zero attached hydrogens (tertiary/aromatic N) is 4. The van der Waals surface area contributed by atoms with Gasteiger partial charge in [0, 0.05) is 18.0 Å². The first-order valence-electron chi connectivity index (χ1n) is 8.41. The number of aliphatic hydroxyl groups is 1. The maximum absolute atomic E-state index is 12.8. The van der Waals surface area contributed by atoms with Gasteiger partial charge in [-0.05, 0) is 42.5 Å². The van der Waals surface area contributed by atoms with Crippen LogP contribution in [0.1, 0.15) is 34.8 Å². The first kappa shape index (κ1) is 16.5. The Hall–Kier alpha value is -3.00. The Morgan fingerprint density at radius 3 is 3.00 bits per heavy atom. The summed E-state index contributed by atoms with van der Waals surface area (Å²) in [6.45, 7) is 0. The smallest absolute Gasteiger partial charge is 0.251 e. The molecule has 8 nitrogen and oxygen atoms in total. The zero-order valence-electron chi connectivity index (χ0n) is 14.2. The first-order valence-corrected chi connectivity index (χ1v) is 8.41. The molecule has 1 saturated carbocycles. The molecule has 0 aliphatic heterocycles. The maximum Gasteiger partial charge on any atom is 0.251 e. The van der Waals surface area contributed by atoms with E-state index >= 15 is 0 Å². The lowest BCUT2D eigenvalue weighted by Crippen LogP contribution is -2.41. The minimum absolute atomic E-state index is 0.152. The lowest BCUT2D eigenvalue weighted by Gasteiger charge is -2.38. The Balaban J connectivity index is 1.60.